The van der Waals surface area contributed by atoms with E-state index < -0.39 is 0 Å². The molecular formula is C14H25N5. The first-order valence-electron chi connectivity index (χ1n) is 7.66. The van der Waals surface area contributed by atoms with Crippen LogP contribution in [0.15, 0.2) is 6.20 Å². The summed E-state index contributed by atoms with van der Waals surface area (Å²) < 4.78 is 1.85. The van der Waals surface area contributed by atoms with Crippen LogP contribution in [-0.2, 0) is 13.1 Å². The molecule has 5 nitrogen and oxygen atoms in total. The minimum Gasteiger partial charge on any atom is -0.329 e. The largest absolute Gasteiger partial charge is 0.329 e. The Hall–Kier alpha value is -0.940. The number of piperidine rings is 1. The number of hydrogen-bond acceptors (Lipinski definition) is 4. The van der Waals surface area contributed by atoms with Crippen LogP contribution in [0.5, 0.6) is 0 Å². The van der Waals surface area contributed by atoms with E-state index in [0.717, 1.165) is 30.6 Å². The van der Waals surface area contributed by atoms with E-state index in [4.69, 9.17) is 5.73 Å². The first-order valence-corrected chi connectivity index (χ1v) is 7.66. The van der Waals surface area contributed by atoms with Crippen molar-refractivity contribution in [1.29, 1.82) is 0 Å². The lowest BCUT2D eigenvalue weighted by atomic mass is 9.75. The van der Waals surface area contributed by atoms with Gasteiger partial charge in [-0.1, -0.05) is 24.5 Å². The monoisotopic (exact) mass is 263 g/mol. The number of rotatable bonds is 4. The molecular weight excluding hydrogens is 238 g/mol. The Morgan fingerprint density at radius 3 is 2.89 bits per heavy atom. The second kappa shape index (κ2) is 6.01. The van der Waals surface area contributed by atoms with E-state index >= 15 is 0 Å². The van der Waals surface area contributed by atoms with Crippen molar-refractivity contribution in [2.45, 2.75) is 45.2 Å². The molecule has 2 N–H and O–H groups in total. The van der Waals surface area contributed by atoms with Crippen molar-refractivity contribution < 1.29 is 0 Å². The third-order valence-corrected chi connectivity index (χ3v) is 4.71. The number of nitrogens with zero attached hydrogens (tertiary/aromatic N) is 4. The molecule has 0 bridgehead atoms. The molecule has 1 aromatic heterocycles. The van der Waals surface area contributed by atoms with Gasteiger partial charge in [0, 0.05) is 25.8 Å². The van der Waals surface area contributed by atoms with Crippen molar-refractivity contribution in [2.24, 2.45) is 17.6 Å². The Kier molecular flexibility index (Phi) is 4.13. The molecule has 2 fully saturated rings. The first-order chi connectivity index (χ1) is 9.35. The van der Waals surface area contributed by atoms with Crippen LogP contribution in [0.2, 0.25) is 0 Å². The van der Waals surface area contributed by atoms with Crippen molar-refractivity contribution in [3.8, 4) is 0 Å². The maximum atomic E-state index is 5.53. The normalized spacial score (nSPS) is 28.3. The van der Waals surface area contributed by atoms with Gasteiger partial charge in [-0.25, -0.2) is 0 Å². The van der Waals surface area contributed by atoms with E-state index in [1.807, 2.05) is 10.9 Å². The van der Waals surface area contributed by atoms with Gasteiger partial charge in [0.15, 0.2) is 0 Å². The number of nitrogens with two attached hydrogens (primary N) is 1. The maximum Gasteiger partial charge on any atom is 0.0967 e. The van der Waals surface area contributed by atoms with Crippen molar-refractivity contribution in [3.63, 3.8) is 0 Å². The molecule has 2 unspecified atom stereocenters. The zero-order chi connectivity index (χ0) is 13.1. The van der Waals surface area contributed by atoms with Gasteiger partial charge >= 0.3 is 0 Å². The Bertz CT molecular complexity index is 402. The first kappa shape index (κ1) is 13.1. The van der Waals surface area contributed by atoms with Gasteiger partial charge in [-0.05, 0) is 31.2 Å². The van der Waals surface area contributed by atoms with Crippen molar-refractivity contribution in [3.05, 3.63) is 11.9 Å². The summed E-state index contributed by atoms with van der Waals surface area (Å²) in [6, 6.07) is 0. The Labute approximate surface area is 115 Å². The average molecular weight is 263 g/mol. The van der Waals surface area contributed by atoms with Crippen molar-refractivity contribution in [1.82, 2.24) is 19.9 Å². The molecule has 106 valence electrons. The standard InChI is InChI=1S/C14H25N5/c15-6-8-19-11-14(16-17-19)10-18-7-5-12-3-1-2-4-13(12)9-18/h11-13H,1-10,15H2. The summed E-state index contributed by atoms with van der Waals surface area (Å²) in [4.78, 5) is 2.56. The van der Waals surface area contributed by atoms with Gasteiger partial charge in [-0.15, -0.1) is 5.10 Å². The van der Waals surface area contributed by atoms with E-state index in [2.05, 4.69) is 15.2 Å². The predicted octanol–water partition coefficient (Wildman–Crippen LogP) is 1.25. The molecule has 2 aliphatic rings. The molecule has 0 spiro atoms. The number of likely N-dealkylation sites (tertiary alicyclic amines) is 1. The highest BCUT2D eigenvalue weighted by molar-refractivity contribution is 4.94. The van der Waals surface area contributed by atoms with Crippen LogP contribution in [0.3, 0.4) is 0 Å². The molecule has 1 aliphatic heterocycles. The zero-order valence-corrected chi connectivity index (χ0v) is 11.7. The smallest absolute Gasteiger partial charge is 0.0967 e. The van der Waals surface area contributed by atoms with Gasteiger partial charge in [0.05, 0.1) is 12.2 Å². The van der Waals surface area contributed by atoms with Gasteiger partial charge in [0.25, 0.3) is 0 Å². The van der Waals surface area contributed by atoms with E-state index in [-0.39, 0.29) is 0 Å². The summed E-state index contributed by atoms with van der Waals surface area (Å²) in [5.74, 6) is 1.93. The molecule has 1 saturated heterocycles. The second-order valence-electron chi connectivity index (χ2n) is 6.09. The summed E-state index contributed by atoms with van der Waals surface area (Å²) in [7, 11) is 0. The molecule has 2 heterocycles. The lowest BCUT2D eigenvalue weighted by molar-refractivity contribution is 0.0812. The SMILES string of the molecule is NCCn1cc(CN2CCC3CCCCC3C2)nn1. The summed E-state index contributed by atoms with van der Waals surface area (Å²) >= 11 is 0. The van der Waals surface area contributed by atoms with E-state index in [1.54, 1.807) is 0 Å². The van der Waals surface area contributed by atoms with E-state index in [0.29, 0.717) is 6.54 Å². The Balaban J connectivity index is 1.54. The third-order valence-electron chi connectivity index (χ3n) is 4.71. The summed E-state index contributed by atoms with van der Waals surface area (Å²) in [5, 5.41) is 8.36. The Morgan fingerprint density at radius 2 is 2.05 bits per heavy atom. The fraction of sp³-hybridized carbons (Fsp3) is 0.857. The number of hydrogen-bond donors (Lipinski definition) is 1. The van der Waals surface area contributed by atoms with Crippen molar-refractivity contribution >= 4 is 0 Å². The Morgan fingerprint density at radius 1 is 1.21 bits per heavy atom. The molecule has 1 saturated carbocycles. The summed E-state index contributed by atoms with van der Waals surface area (Å²) in [6.07, 6.45) is 9.20. The molecule has 1 aromatic rings. The number of aromatic nitrogens is 3. The molecule has 19 heavy (non-hydrogen) atoms. The lowest BCUT2D eigenvalue weighted by Crippen LogP contribution is -2.41. The van der Waals surface area contributed by atoms with Crippen molar-refractivity contribution in [2.75, 3.05) is 19.6 Å². The number of fused-ring (bicyclic) bond motifs is 1. The average Bonchev–Trinajstić information content (AvgIpc) is 2.86. The van der Waals surface area contributed by atoms with Gasteiger partial charge in [-0.3, -0.25) is 9.58 Å². The van der Waals surface area contributed by atoms with Crippen LogP contribution in [0.4, 0.5) is 0 Å². The summed E-state index contributed by atoms with van der Waals surface area (Å²) in [6.45, 7) is 4.82. The highest BCUT2D eigenvalue weighted by Gasteiger charge is 2.31. The highest BCUT2D eigenvalue weighted by Crippen LogP contribution is 2.36. The molecule has 0 aromatic carbocycles. The maximum absolute atomic E-state index is 5.53. The van der Waals surface area contributed by atoms with Gasteiger partial charge in [0.1, 0.15) is 0 Å². The molecule has 0 amide bonds. The molecule has 2 atom stereocenters. The van der Waals surface area contributed by atoms with Crippen LogP contribution in [0, 0.1) is 11.8 Å². The summed E-state index contributed by atoms with van der Waals surface area (Å²) in [5.41, 5.74) is 6.61. The minimum atomic E-state index is 0.621. The van der Waals surface area contributed by atoms with E-state index in [1.165, 1.54) is 45.2 Å². The topological polar surface area (TPSA) is 60.0 Å². The fourth-order valence-corrected chi connectivity index (χ4v) is 3.70. The lowest BCUT2D eigenvalue weighted by Gasteiger charge is -2.41. The molecule has 3 rings (SSSR count). The van der Waals surface area contributed by atoms with Crippen LogP contribution in [0.1, 0.15) is 37.8 Å². The molecule has 0 radical (unpaired) electrons. The molecule has 1 aliphatic carbocycles. The predicted molar refractivity (Wildman–Crippen MR) is 74.4 cm³/mol. The second-order valence-corrected chi connectivity index (χ2v) is 6.09. The van der Waals surface area contributed by atoms with Gasteiger partial charge in [0.2, 0.25) is 0 Å². The van der Waals surface area contributed by atoms with Gasteiger partial charge in [-0.2, -0.15) is 0 Å². The van der Waals surface area contributed by atoms with Crippen LogP contribution in [0.25, 0.3) is 0 Å². The molecule has 5 heteroatoms. The fourth-order valence-electron chi connectivity index (χ4n) is 3.70. The third kappa shape index (κ3) is 3.15. The van der Waals surface area contributed by atoms with Crippen LogP contribution in [-0.4, -0.2) is 39.5 Å². The zero-order valence-electron chi connectivity index (χ0n) is 11.7. The highest BCUT2D eigenvalue weighted by atomic mass is 15.4. The van der Waals surface area contributed by atoms with Crippen LogP contribution >= 0.6 is 0 Å². The van der Waals surface area contributed by atoms with Gasteiger partial charge < -0.3 is 5.73 Å². The quantitative estimate of drug-likeness (QED) is 0.888. The minimum absolute atomic E-state index is 0.621. The van der Waals surface area contributed by atoms with Crippen LogP contribution < -0.4 is 5.73 Å². The van der Waals surface area contributed by atoms with E-state index in [9.17, 15) is 0 Å².